The van der Waals surface area contributed by atoms with Crippen LogP contribution in [0.5, 0.6) is 0 Å². The number of nitrogens with zero attached hydrogens (tertiary/aromatic N) is 5. The second kappa shape index (κ2) is 7.02. The van der Waals surface area contributed by atoms with E-state index < -0.39 is 11.4 Å². The van der Waals surface area contributed by atoms with Crippen LogP contribution in [0.4, 0.5) is 5.69 Å². The largest absolute Gasteiger partial charge is 0.477 e. The third-order valence-electron chi connectivity index (χ3n) is 4.40. The normalized spacial score (nSPS) is 16.0. The van der Waals surface area contributed by atoms with E-state index >= 15 is 0 Å². The number of pyridine rings is 1. The maximum atomic E-state index is 12.3. The molecule has 0 spiro atoms. The molecule has 8 nitrogen and oxygen atoms in total. The summed E-state index contributed by atoms with van der Waals surface area (Å²) in [5.41, 5.74) is 0.597. The Morgan fingerprint density at radius 2 is 1.96 bits per heavy atom. The van der Waals surface area contributed by atoms with Crippen LogP contribution in [0.2, 0.25) is 0 Å². The molecule has 0 bridgehead atoms. The van der Waals surface area contributed by atoms with Crippen LogP contribution in [0.15, 0.2) is 39.5 Å². The van der Waals surface area contributed by atoms with Crippen molar-refractivity contribution >= 4 is 22.6 Å². The molecule has 1 N–H and O–H groups in total. The predicted molar refractivity (Wildman–Crippen MR) is 94.4 cm³/mol. The average molecular weight is 343 g/mol. The number of hydrogen-bond donors (Lipinski definition) is 1. The van der Waals surface area contributed by atoms with Gasteiger partial charge in [0.15, 0.2) is 0 Å². The third-order valence-corrected chi connectivity index (χ3v) is 4.40. The molecule has 1 fully saturated rings. The van der Waals surface area contributed by atoms with E-state index in [0.29, 0.717) is 23.1 Å². The highest BCUT2D eigenvalue weighted by Gasteiger charge is 2.15. The number of aryl methyl sites for hydroxylation is 1. The van der Waals surface area contributed by atoms with Gasteiger partial charge in [-0.2, -0.15) is 0 Å². The van der Waals surface area contributed by atoms with E-state index in [1.54, 1.807) is 22.8 Å². The van der Waals surface area contributed by atoms with Gasteiger partial charge < -0.3 is 14.6 Å². The van der Waals surface area contributed by atoms with E-state index in [1.165, 1.54) is 6.20 Å². The number of benzene rings is 1. The lowest BCUT2D eigenvalue weighted by atomic mass is 10.1. The molecule has 25 heavy (non-hydrogen) atoms. The van der Waals surface area contributed by atoms with Gasteiger partial charge in [0, 0.05) is 31.2 Å². The molecule has 1 saturated heterocycles. The second-order valence-electron chi connectivity index (χ2n) is 6.11. The van der Waals surface area contributed by atoms with Crippen molar-refractivity contribution in [3.8, 4) is 0 Å². The van der Waals surface area contributed by atoms with Gasteiger partial charge >= 0.3 is 5.97 Å². The molecule has 0 unspecified atom stereocenters. The summed E-state index contributed by atoms with van der Waals surface area (Å²) in [4.78, 5) is 25.8. The Kier molecular flexibility index (Phi) is 4.80. The molecule has 0 saturated carbocycles. The van der Waals surface area contributed by atoms with Crippen molar-refractivity contribution in [2.75, 3.05) is 33.2 Å². The van der Waals surface area contributed by atoms with Crippen molar-refractivity contribution in [1.82, 2.24) is 14.5 Å². The molecule has 0 radical (unpaired) electrons. The van der Waals surface area contributed by atoms with Gasteiger partial charge in [0.2, 0.25) is 5.43 Å². The molecule has 0 atom stereocenters. The standard InChI is InChI=1S/C17H21N5O3/c1-3-21-11-14(17(24)25)16(23)13-5-4-12(10-15(13)21)18-19-22-8-6-20(2)7-9-22/h4-5,10-11H,3,6-9H2,1-2H3,(H,24,25)/b19-18+. The van der Waals surface area contributed by atoms with Crippen LogP contribution in [-0.2, 0) is 6.54 Å². The SMILES string of the molecule is CCn1cc(C(=O)O)c(=O)c2ccc(/N=N/N3CCN(C)CC3)cc21. The second-order valence-corrected chi connectivity index (χ2v) is 6.11. The molecule has 0 amide bonds. The molecule has 3 rings (SSSR count). The molecule has 0 aliphatic carbocycles. The van der Waals surface area contributed by atoms with E-state index in [1.807, 2.05) is 11.9 Å². The fourth-order valence-electron chi connectivity index (χ4n) is 2.86. The number of aromatic carboxylic acids is 1. The maximum absolute atomic E-state index is 12.3. The fourth-order valence-corrected chi connectivity index (χ4v) is 2.86. The van der Waals surface area contributed by atoms with Crippen molar-refractivity contribution in [3.05, 3.63) is 40.2 Å². The van der Waals surface area contributed by atoms with Crippen LogP contribution in [0, 0.1) is 0 Å². The average Bonchev–Trinajstić information content (AvgIpc) is 2.61. The minimum Gasteiger partial charge on any atom is -0.477 e. The topological polar surface area (TPSA) is 90.5 Å². The molecule has 1 aliphatic rings. The zero-order valence-corrected chi connectivity index (χ0v) is 14.3. The van der Waals surface area contributed by atoms with Crippen molar-refractivity contribution < 1.29 is 9.90 Å². The molecule has 2 aromatic rings. The van der Waals surface area contributed by atoms with Gasteiger partial charge in [-0.15, -0.1) is 5.11 Å². The molecular formula is C17H21N5O3. The van der Waals surface area contributed by atoms with Crippen LogP contribution >= 0.6 is 0 Å². The zero-order valence-electron chi connectivity index (χ0n) is 14.3. The van der Waals surface area contributed by atoms with E-state index in [9.17, 15) is 14.7 Å². The summed E-state index contributed by atoms with van der Waals surface area (Å²) >= 11 is 0. The van der Waals surface area contributed by atoms with Crippen molar-refractivity contribution in [3.63, 3.8) is 0 Å². The Morgan fingerprint density at radius 3 is 2.60 bits per heavy atom. The van der Waals surface area contributed by atoms with Gasteiger partial charge in [-0.3, -0.25) is 9.80 Å². The van der Waals surface area contributed by atoms with Gasteiger partial charge in [0.05, 0.1) is 24.3 Å². The van der Waals surface area contributed by atoms with E-state index in [4.69, 9.17) is 0 Å². The first-order valence-corrected chi connectivity index (χ1v) is 8.25. The Morgan fingerprint density at radius 1 is 1.24 bits per heavy atom. The Balaban J connectivity index is 1.95. The molecular weight excluding hydrogens is 322 g/mol. The maximum Gasteiger partial charge on any atom is 0.341 e. The number of carboxylic acids is 1. The van der Waals surface area contributed by atoms with E-state index in [-0.39, 0.29) is 5.56 Å². The summed E-state index contributed by atoms with van der Waals surface area (Å²) in [7, 11) is 2.08. The number of rotatable bonds is 4. The number of likely N-dealkylation sites (N-methyl/N-ethyl adjacent to an activating group) is 1. The van der Waals surface area contributed by atoms with E-state index in [0.717, 1.165) is 26.2 Å². The quantitative estimate of drug-likeness (QED) is 0.857. The molecule has 1 aromatic carbocycles. The highest BCUT2D eigenvalue weighted by atomic mass is 16.4. The first kappa shape index (κ1) is 17.1. The number of fused-ring (bicyclic) bond motifs is 1. The highest BCUT2D eigenvalue weighted by molar-refractivity contribution is 5.93. The van der Waals surface area contributed by atoms with Crippen molar-refractivity contribution in [2.45, 2.75) is 13.5 Å². The Bertz CT molecular complexity index is 882. The first-order chi connectivity index (χ1) is 12.0. The minimum absolute atomic E-state index is 0.221. The van der Waals surface area contributed by atoms with Crippen LogP contribution in [0.25, 0.3) is 10.9 Å². The summed E-state index contributed by atoms with van der Waals surface area (Å²) < 4.78 is 1.75. The van der Waals surface area contributed by atoms with Gasteiger partial charge in [0.1, 0.15) is 5.56 Å². The molecule has 8 heteroatoms. The zero-order chi connectivity index (χ0) is 18.0. The number of carboxylic acid groups (broad SMARTS) is 1. The highest BCUT2D eigenvalue weighted by Crippen LogP contribution is 2.21. The summed E-state index contributed by atoms with van der Waals surface area (Å²) in [5, 5.41) is 20.0. The molecule has 1 aliphatic heterocycles. The smallest absolute Gasteiger partial charge is 0.341 e. The van der Waals surface area contributed by atoms with Crippen molar-refractivity contribution in [2.24, 2.45) is 10.3 Å². The predicted octanol–water partition coefficient (Wildman–Crippen LogP) is 1.97. The number of piperazine rings is 1. The lowest BCUT2D eigenvalue weighted by Crippen LogP contribution is -2.41. The van der Waals surface area contributed by atoms with Crippen LogP contribution in [0.3, 0.4) is 0 Å². The summed E-state index contributed by atoms with van der Waals surface area (Å²) in [6, 6.07) is 5.08. The summed E-state index contributed by atoms with van der Waals surface area (Å²) in [6.07, 6.45) is 1.38. The number of hydrogen-bond acceptors (Lipinski definition) is 5. The molecule has 132 valence electrons. The summed E-state index contributed by atoms with van der Waals surface area (Å²) in [6.45, 7) is 6.00. The van der Waals surface area contributed by atoms with Gasteiger partial charge in [0.25, 0.3) is 0 Å². The monoisotopic (exact) mass is 343 g/mol. The van der Waals surface area contributed by atoms with Gasteiger partial charge in [-0.25, -0.2) is 4.79 Å². The lowest BCUT2D eigenvalue weighted by molar-refractivity contribution is 0.0695. The molecule has 1 aromatic heterocycles. The first-order valence-electron chi connectivity index (χ1n) is 8.25. The molecule has 2 heterocycles. The Labute approximate surface area is 145 Å². The summed E-state index contributed by atoms with van der Waals surface area (Å²) in [5.74, 6) is -1.21. The van der Waals surface area contributed by atoms with Crippen LogP contribution < -0.4 is 5.43 Å². The van der Waals surface area contributed by atoms with Gasteiger partial charge in [-0.05, 0) is 32.2 Å². The van der Waals surface area contributed by atoms with E-state index in [2.05, 4.69) is 22.3 Å². The fraction of sp³-hybridized carbons (Fsp3) is 0.412. The number of aromatic nitrogens is 1. The number of carbonyl (C=O) groups is 1. The Hall–Kier alpha value is -2.74. The van der Waals surface area contributed by atoms with Crippen LogP contribution in [-0.4, -0.2) is 58.8 Å². The van der Waals surface area contributed by atoms with Crippen LogP contribution in [0.1, 0.15) is 17.3 Å². The lowest BCUT2D eigenvalue weighted by Gasteiger charge is -2.29. The minimum atomic E-state index is -1.21. The third kappa shape index (κ3) is 3.53. The van der Waals surface area contributed by atoms with Gasteiger partial charge in [-0.1, -0.05) is 5.22 Å². The van der Waals surface area contributed by atoms with Crippen molar-refractivity contribution in [1.29, 1.82) is 0 Å².